The SMILES string of the molecule is O=C(NC[C@@H]1COc2ccccc21)c1ccc(F)c(F)c1. The molecule has 0 radical (unpaired) electrons. The first-order valence-corrected chi connectivity index (χ1v) is 6.60. The standard InChI is InChI=1S/C16H13F2NO2/c17-13-6-5-10(7-14(13)18)16(20)19-8-11-9-21-15-4-2-1-3-12(11)15/h1-7,11H,8-9H2,(H,19,20)/t11-/m1/s1. The number of halogens is 2. The molecule has 1 heterocycles. The maximum Gasteiger partial charge on any atom is 0.251 e. The lowest BCUT2D eigenvalue weighted by Gasteiger charge is -2.10. The zero-order valence-corrected chi connectivity index (χ0v) is 11.1. The predicted octanol–water partition coefficient (Wildman–Crippen LogP) is 2.87. The van der Waals surface area contributed by atoms with Crippen molar-refractivity contribution in [3.05, 3.63) is 65.2 Å². The third kappa shape index (κ3) is 2.72. The molecule has 5 heteroatoms. The summed E-state index contributed by atoms with van der Waals surface area (Å²) >= 11 is 0. The number of ether oxygens (including phenoxy) is 1. The Labute approximate surface area is 120 Å². The van der Waals surface area contributed by atoms with E-state index in [0.717, 1.165) is 23.4 Å². The summed E-state index contributed by atoms with van der Waals surface area (Å²) in [5.74, 6) is -1.54. The molecule has 0 spiro atoms. The molecule has 0 saturated heterocycles. The lowest BCUT2D eigenvalue weighted by atomic mass is 10.0. The predicted molar refractivity (Wildman–Crippen MR) is 73.4 cm³/mol. The molecule has 1 N–H and O–H groups in total. The molecule has 1 aliphatic rings. The van der Waals surface area contributed by atoms with E-state index < -0.39 is 17.5 Å². The van der Waals surface area contributed by atoms with Crippen molar-refractivity contribution in [1.29, 1.82) is 0 Å². The highest BCUT2D eigenvalue weighted by Gasteiger charge is 2.24. The first-order valence-electron chi connectivity index (χ1n) is 6.60. The number of rotatable bonds is 3. The number of carbonyl (C=O) groups is 1. The topological polar surface area (TPSA) is 38.3 Å². The Morgan fingerprint density at radius 1 is 1.19 bits per heavy atom. The molecule has 1 atom stereocenters. The van der Waals surface area contributed by atoms with Gasteiger partial charge in [0, 0.05) is 23.6 Å². The fourth-order valence-corrected chi connectivity index (χ4v) is 2.35. The molecule has 21 heavy (non-hydrogen) atoms. The molecule has 2 aromatic rings. The van der Waals surface area contributed by atoms with Crippen LogP contribution in [0.5, 0.6) is 5.75 Å². The normalized spacial score (nSPS) is 16.2. The van der Waals surface area contributed by atoms with Crippen molar-refractivity contribution >= 4 is 5.91 Å². The van der Waals surface area contributed by atoms with Crippen molar-refractivity contribution < 1.29 is 18.3 Å². The molecule has 0 bridgehead atoms. The van der Waals surface area contributed by atoms with Crippen LogP contribution in [0.2, 0.25) is 0 Å². The fourth-order valence-electron chi connectivity index (χ4n) is 2.35. The first kappa shape index (κ1) is 13.5. The van der Waals surface area contributed by atoms with Crippen LogP contribution < -0.4 is 10.1 Å². The molecular weight excluding hydrogens is 276 g/mol. The summed E-state index contributed by atoms with van der Waals surface area (Å²) in [6.45, 7) is 0.881. The van der Waals surface area contributed by atoms with Gasteiger partial charge >= 0.3 is 0 Å². The largest absolute Gasteiger partial charge is 0.493 e. The number of hydrogen-bond donors (Lipinski definition) is 1. The van der Waals surface area contributed by atoms with Gasteiger partial charge in [-0.25, -0.2) is 8.78 Å². The van der Waals surface area contributed by atoms with E-state index >= 15 is 0 Å². The second kappa shape index (κ2) is 5.52. The van der Waals surface area contributed by atoms with Crippen molar-refractivity contribution in [1.82, 2.24) is 5.32 Å². The van der Waals surface area contributed by atoms with Gasteiger partial charge in [-0.05, 0) is 24.3 Å². The summed E-state index contributed by atoms with van der Waals surface area (Å²) in [6.07, 6.45) is 0. The highest BCUT2D eigenvalue weighted by Crippen LogP contribution is 2.32. The minimum atomic E-state index is -1.03. The van der Waals surface area contributed by atoms with Crippen LogP contribution in [-0.2, 0) is 0 Å². The second-order valence-electron chi connectivity index (χ2n) is 4.88. The van der Waals surface area contributed by atoms with Crippen molar-refractivity contribution in [3.8, 4) is 5.75 Å². The van der Waals surface area contributed by atoms with E-state index in [9.17, 15) is 13.6 Å². The quantitative estimate of drug-likeness (QED) is 0.943. The lowest BCUT2D eigenvalue weighted by Crippen LogP contribution is -2.29. The highest BCUT2D eigenvalue weighted by molar-refractivity contribution is 5.94. The van der Waals surface area contributed by atoms with Crippen LogP contribution in [0, 0.1) is 11.6 Å². The Morgan fingerprint density at radius 2 is 2.00 bits per heavy atom. The Balaban J connectivity index is 1.66. The summed E-state index contributed by atoms with van der Waals surface area (Å²) in [6, 6.07) is 10.7. The maximum absolute atomic E-state index is 13.1. The number of benzene rings is 2. The summed E-state index contributed by atoms with van der Waals surface area (Å²) in [7, 11) is 0. The molecule has 1 aliphatic heterocycles. The van der Waals surface area contributed by atoms with Gasteiger partial charge in [-0.3, -0.25) is 4.79 Å². The monoisotopic (exact) mass is 289 g/mol. The van der Waals surface area contributed by atoms with Gasteiger partial charge in [-0.1, -0.05) is 18.2 Å². The van der Waals surface area contributed by atoms with E-state index in [1.165, 1.54) is 6.07 Å². The Bertz CT molecular complexity index is 688. The van der Waals surface area contributed by atoms with Gasteiger partial charge in [0.25, 0.3) is 5.91 Å². The zero-order chi connectivity index (χ0) is 14.8. The van der Waals surface area contributed by atoms with Crippen LogP contribution >= 0.6 is 0 Å². The number of para-hydroxylation sites is 1. The van der Waals surface area contributed by atoms with Gasteiger partial charge in [-0.2, -0.15) is 0 Å². The maximum atomic E-state index is 13.1. The Hall–Kier alpha value is -2.43. The number of amides is 1. The van der Waals surface area contributed by atoms with Crippen molar-refractivity contribution in [2.24, 2.45) is 0 Å². The van der Waals surface area contributed by atoms with E-state index in [1.54, 1.807) is 0 Å². The molecule has 108 valence electrons. The summed E-state index contributed by atoms with van der Waals surface area (Å²) in [4.78, 5) is 11.9. The van der Waals surface area contributed by atoms with Gasteiger partial charge in [-0.15, -0.1) is 0 Å². The molecule has 0 saturated carbocycles. The Morgan fingerprint density at radius 3 is 2.81 bits per heavy atom. The van der Waals surface area contributed by atoms with E-state index in [4.69, 9.17) is 4.74 Å². The van der Waals surface area contributed by atoms with Crippen LogP contribution in [0.4, 0.5) is 8.78 Å². The third-order valence-corrected chi connectivity index (χ3v) is 3.49. The number of hydrogen-bond acceptors (Lipinski definition) is 2. The van der Waals surface area contributed by atoms with Crippen LogP contribution in [-0.4, -0.2) is 19.1 Å². The molecule has 0 aliphatic carbocycles. The van der Waals surface area contributed by atoms with Crippen LogP contribution in [0.15, 0.2) is 42.5 Å². The number of nitrogens with one attached hydrogen (secondary N) is 1. The molecule has 3 nitrogen and oxygen atoms in total. The smallest absolute Gasteiger partial charge is 0.251 e. The summed E-state index contributed by atoms with van der Waals surface area (Å²) in [5.41, 5.74) is 1.14. The second-order valence-corrected chi connectivity index (χ2v) is 4.88. The first-order chi connectivity index (χ1) is 10.1. The van der Waals surface area contributed by atoms with Crippen LogP contribution in [0.25, 0.3) is 0 Å². The van der Waals surface area contributed by atoms with Gasteiger partial charge in [0.2, 0.25) is 0 Å². The fraction of sp³-hybridized carbons (Fsp3) is 0.188. The van der Waals surface area contributed by atoms with Gasteiger partial charge in [0.05, 0.1) is 6.61 Å². The van der Waals surface area contributed by atoms with E-state index in [0.29, 0.717) is 13.2 Å². The zero-order valence-electron chi connectivity index (χ0n) is 11.1. The average molecular weight is 289 g/mol. The molecule has 0 aromatic heterocycles. The van der Waals surface area contributed by atoms with Gasteiger partial charge in [0.15, 0.2) is 11.6 Å². The van der Waals surface area contributed by atoms with Crippen LogP contribution in [0.3, 0.4) is 0 Å². The number of fused-ring (bicyclic) bond motifs is 1. The van der Waals surface area contributed by atoms with Crippen LogP contribution in [0.1, 0.15) is 21.8 Å². The van der Waals surface area contributed by atoms with Crippen molar-refractivity contribution in [3.63, 3.8) is 0 Å². The average Bonchev–Trinajstić information content (AvgIpc) is 2.91. The van der Waals surface area contributed by atoms with E-state index in [2.05, 4.69) is 5.32 Å². The van der Waals surface area contributed by atoms with Crippen molar-refractivity contribution in [2.45, 2.75) is 5.92 Å². The van der Waals surface area contributed by atoms with Gasteiger partial charge in [0.1, 0.15) is 5.75 Å². The molecular formula is C16H13F2NO2. The summed E-state index contributed by atoms with van der Waals surface area (Å²) in [5, 5.41) is 2.72. The summed E-state index contributed by atoms with van der Waals surface area (Å²) < 4.78 is 31.5. The third-order valence-electron chi connectivity index (χ3n) is 3.49. The molecule has 3 rings (SSSR count). The lowest BCUT2D eigenvalue weighted by molar-refractivity contribution is 0.0949. The molecule has 1 amide bonds. The minimum Gasteiger partial charge on any atom is -0.493 e. The molecule has 0 unspecified atom stereocenters. The Kier molecular flexibility index (Phi) is 3.56. The van der Waals surface area contributed by atoms with Gasteiger partial charge < -0.3 is 10.1 Å². The molecule has 0 fully saturated rings. The van der Waals surface area contributed by atoms with E-state index in [1.807, 2.05) is 24.3 Å². The molecule has 2 aromatic carbocycles. The number of carbonyl (C=O) groups excluding carboxylic acids is 1. The minimum absolute atomic E-state index is 0.0652. The van der Waals surface area contributed by atoms with E-state index in [-0.39, 0.29) is 11.5 Å². The highest BCUT2D eigenvalue weighted by atomic mass is 19.2. The van der Waals surface area contributed by atoms with Crippen molar-refractivity contribution in [2.75, 3.05) is 13.2 Å².